The first kappa shape index (κ1) is 16.3. The number of hydrogen-bond acceptors (Lipinski definition) is 4. The smallest absolute Gasteiger partial charge is 0.161 e. The lowest BCUT2D eigenvalue weighted by Crippen LogP contribution is -2.34. The summed E-state index contributed by atoms with van der Waals surface area (Å²) in [4.78, 5) is 6.41. The molecule has 0 saturated carbocycles. The summed E-state index contributed by atoms with van der Waals surface area (Å²) in [6.07, 6.45) is 0.624. The summed E-state index contributed by atoms with van der Waals surface area (Å²) in [5, 5.41) is 18.7. The number of aromatic nitrogens is 1. The fourth-order valence-electron chi connectivity index (χ4n) is 2.26. The third-order valence-electron chi connectivity index (χ3n) is 3.51. The number of anilines is 1. The van der Waals surface area contributed by atoms with Crippen LogP contribution in [0.15, 0.2) is 42.5 Å². The van der Waals surface area contributed by atoms with Gasteiger partial charge in [-0.15, -0.1) is 0 Å². The van der Waals surface area contributed by atoms with E-state index in [-0.39, 0.29) is 18.3 Å². The van der Waals surface area contributed by atoms with Gasteiger partial charge < -0.3 is 10.0 Å². The van der Waals surface area contributed by atoms with Crippen molar-refractivity contribution in [1.29, 1.82) is 5.26 Å². The molecule has 4 nitrogen and oxygen atoms in total. The maximum absolute atomic E-state index is 9.22. The molecule has 1 atom stereocenters. The molecule has 22 heavy (non-hydrogen) atoms. The Hall–Kier alpha value is -2.09. The number of aliphatic hydroxyl groups excluding tert-OH is 1. The molecule has 0 aliphatic heterocycles. The second-order valence-corrected chi connectivity index (χ2v) is 5.49. The molecule has 0 saturated heterocycles. The Morgan fingerprint density at radius 3 is 2.64 bits per heavy atom. The second-order valence-electron chi connectivity index (χ2n) is 5.09. The minimum Gasteiger partial charge on any atom is -0.396 e. The van der Waals surface area contributed by atoms with Crippen molar-refractivity contribution in [3.8, 4) is 6.07 Å². The number of nitriles is 1. The second kappa shape index (κ2) is 7.79. The summed E-state index contributed by atoms with van der Waals surface area (Å²) in [5.41, 5.74) is 1.36. The van der Waals surface area contributed by atoms with E-state index in [1.807, 2.05) is 43.3 Å². The third-order valence-corrected chi connectivity index (χ3v) is 3.81. The summed E-state index contributed by atoms with van der Waals surface area (Å²) in [6, 6.07) is 15.6. The van der Waals surface area contributed by atoms with Gasteiger partial charge in [-0.25, -0.2) is 4.98 Å². The van der Waals surface area contributed by atoms with Crippen molar-refractivity contribution in [2.75, 3.05) is 11.5 Å². The first-order valence-corrected chi connectivity index (χ1v) is 7.51. The molecule has 0 bridgehead atoms. The van der Waals surface area contributed by atoms with Crippen molar-refractivity contribution in [3.05, 3.63) is 58.7 Å². The molecule has 0 amide bonds. The summed E-state index contributed by atoms with van der Waals surface area (Å²) < 4.78 is 0. The molecule has 114 valence electrons. The maximum atomic E-state index is 9.22. The van der Waals surface area contributed by atoms with Gasteiger partial charge >= 0.3 is 0 Å². The highest BCUT2D eigenvalue weighted by molar-refractivity contribution is 6.31. The number of pyridine rings is 1. The van der Waals surface area contributed by atoms with Crippen molar-refractivity contribution in [1.82, 2.24) is 4.98 Å². The van der Waals surface area contributed by atoms with E-state index in [1.54, 1.807) is 12.1 Å². The van der Waals surface area contributed by atoms with Crippen LogP contribution in [0.25, 0.3) is 0 Å². The van der Waals surface area contributed by atoms with Crippen LogP contribution < -0.4 is 4.90 Å². The van der Waals surface area contributed by atoms with Gasteiger partial charge in [-0.05, 0) is 31.0 Å². The van der Waals surface area contributed by atoms with Gasteiger partial charge in [0, 0.05) is 19.2 Å². The van der Waals surface area contributed by atoms with Crippen molar-refractivity contribution in [2.45, 2.75) is 25.9 Å². The molecule has 0 spiro atoms. The van der Waals surface area contributed by atoms with Crippen molar-refractivity contribution < 1.29 is 5.11 Å². The lowest BCUT2D eigenvalue weighted by Gasteiger charge is -2.30. The highest BCUT2D eigenvalue weighted by atomic mass is 35.5. The largest absolute Gasteiger partial charge is 0.396 e. The first-order chi connectivity index (χ1) is 10.7. The number of benzene rings is 1. The van der Waals surface area contributed by atoms with E-state index >= 15 is 0 Å². The minimum atomic E-state index is 0.0884. The average molecular weight is 316 g/mol. The topological polar surface area (TPSA) is 60.1 Å². The summed E-state index contributed by atoms with van der Waals surface area (Å²) >= 11 is 5.96. The molecule has 2 aromatic rings. The fraction of sp³-hybridized carbons (Fsp3) is 0.294. The summed E-state index contributed by atoms with van der Waals surface area (Å²) in [6.45, 7) is 2.79. The van der Waals surface area contributed by atoms with Gasteiger partial charge in [-0.2, -0.15) is 5.26 Å². The van der Waals surface area contributed by atoms with Crippen LogP contribution in [0.4, 0.5) is 5.82 Å². The lowest BCUT2D eigenvalue weighted by molar-refractivity contribution is 0.275. The van der Waals surface area contributed by atoms with Gasteiger partial charge in [-0.1, -0.05) is 41.9 Å². The van der Waals surface area contributed by atoms with Crippen molar-refractivity contribution in [3.63, 3.8) is 0 Å². The Balaban J connectivity index is 2.34. The molecule has 1 heterocycles. The third kappa shape index (κ3) is 3.97. The number of halogens is 1. The van der Waals surface area contributed by atoms with Gasteiger partial charge in [0.15, 0.2) is 5.69 Å². The SMILES string of the molecule is CC(CCO)N(Cc1ccccc1)c1ccc(Cl)c(C#N)n1. The Morgan fingerprint density at radius 1 is 1.27 bits per heavy atom. The predicted molar refractivity (Wildman–Crippen MR) is 87.8 cm³/mol. The maximum Gasteiger partial charge on any atom is 0.161 e. The zero-order valence-corrected chi connectivity index (χ0v) is 13.2. The van der Waals surface area contributed by atoms with Crippen LogP contribution >= 0.6 is 11.6 Å². The monoisotopic (exact) mass is 315 g/mol. The van der Waals surface area contributed by atoms with Crippen LogP contribution in [0.2, 0.25) is 5.02 Å². The fourth-order valence-corrected chi connectivity index (χ4v) is 2.40. The van der Waals surface area contributed by atoms with Gasteiger partial charge in [0.25, 0.3) is 0 Å². The Morgan fingerprint density at radius 2 is 2.00 bits per heavy atom. The first-order valence-electron chi connectivity index (χ1n) is 7.13. The van der Waals surface area contributed by atoms with E-state index in [2.05, 4.69) is 9.88 Å². The van der Waals surface area contributed by atoms with E-state index < -0.39 is 0 Å². The normalized spacial score (nSPS) is 11.7. The van der Waals surface area contributed by atoms with Gasteiger partial charge in [0.05, 0.1) is 5.02 Å². The average Bonchev–Trinajstić information content (AvgIpc) is 2.54. The van der Waals surface area contributed by atoms with Crippen LogP contribution in [-0.4, -0.2) is 22.7 Å². The number of aliphatic hydroxyl groups is 1. The zero-order chi connectivity index (χ0) is 15.9. The molecule has 1 N–H and O–H groups in total. The molecule has 1 aromatic heterocycles. The van der Waals surface area contributed by atoms with Crippen LogP contribution in [0.1, 0.15) is 24.6 Å². The lowest BCUT2D eigenvalue weighted by atomic mass is 10.1. The predicted octanol–water partition coefficient (Wildman–Crippen LogP) is 3.38. The molecule has 0 radical (unpaired) electrons. The quantitative estimate of drug-likeness (QED) is 0.887. The van der Waals surface area contributed by atoms with Gasteiger partial charge in [-0.3, -0.25) is 0 Å². The standard InChI is InChI=1S/C17H18ClN3O/c1-13(9-10-22)21(12-14-5-3-2-4-6-14)17-8-7-15(18)16(11-19)20-17/h2-8,13,22H,9-10,12H2,1H3. The van der Waals surface area contributed by atoms with E-state index in [9.17, 15) is 5.11 Å². The van der Waals surface area contributed by atoms with Crippen LogP contribution in [-0.2, 0) is 6.54 Å². The van der Waals surface area contributed by atoms with Crippen LogP contribution in [0.3, 0.4) is 0 Å². The Bertz CT molecular complexity index is 655. The zero-order valence-electron chi connectivity index (χ0n) is 12.4. The number of nitrogens with zero attached hydrogens (tertiary/aromatic N) is 3. The van der Waals surface area contributed by atoms with E-state index in [4.69, 9.17) is 16.9 Å². The highest BCUT2D eigenvalue weighted by Gasteiger charge is 2.17. The minimum absolute atomic E-state index is 0.0884. The molecule has 0 aliphatic carbocycles. The molecule has 2 rings (SSSR count). The molecular weight excluding hydrogens is 298 g/mol. The molecule has 5 heteroatoms. The van der Waals surface area contributed by atoms with Crippen molar-refractivity contribution >= 4 is 17.4 Å². The number of hydrogen-bond donors (Lipinski definition) is 1. The number of rotatable bonds is 6. The summed E-state index contributed by atoms with van der Waals surface area (Å²) in [7, 11) is 0. The Labute approximate surface area is 135 Å². The Kier molecular flexibility index (Phi) is 5.76. The summed E-state index contributed by atoms with van der Waals surface area (Å²) in [5.74, 6) is 0.686. The van der Waals surface area contributed by atoms with E-state index in [0.717, 1.165) is 5.56 Å². The highest BCUT2D eigenvalue weighted by Crippen LogP contribution is 2.23. The molecular formula is C17H18ClN3O. The molecule has 1 aromatic carbocycles. The van der Waals surface area contributed by atoms with Gasteiger partial charge in [0.2, 0.25) is 0 Å². The van der Waals surface area contributed by atoms with Crippen LogP contribution in [0, 0.1) is 11.3 Å². The molecule has 0 fully saturated rings. The van der Waals surface area contributed by atoms with E-state index in [1.165, 1.54) is 0 Å². The van der Waals surface area contributed by atoms with E-state index in [0.29, 0.717) is 23.8 Å². The molecule has 0 aliphatic rings. The molecule has 1 unspecified atom stereocenters. The van der Waals surface area contributed by atoms with Crippen LogP contribution in [0.5, 0.6) is 0 Å². The van der Waals surface area contributed by atoms with Gasteiger partial charge in [0.1, 0.15) is 11.9 Å². The van der Waals surface area contributed by atoms with Crippen molar-refractivity contribution in [2.24, 2.45) is 0 Å².